The maximum atomic E-state index is 13.2. The van der Waals surface area contributed by atoms with Gasteiger partial charge >= 0.3 is 10.4 Å². The van der Waals surface area contributed by atoms with Crippen molar-refractivity contribution in [2.45, 2.75) is 358 Å². The van der Waals surface area contributed by atoms with Crippen LogP contribution in [0.15, 0.2) is 0 Å². The predicted octanol–water partition coefficient (Wildman–Crippen LogP) is 14.9. The van der Waals surface area contributed by atoms with Crippen molar-refractivity contribution in [3.8, 4) is 0 Å². The van der Waals surface area contributed by atoms with Gasteiger partial charge in [-0.3, -0.25) is 9.35 Å². The molecule has 1 heterocycles. The second kappa shape index (κ2) is 49.7. The molecule has 0 aromatic heterocycles. The van der Waals surface area contributed by atoms with Crippen molar-refractivity contribution in [2.24, 2.45) is 0 Å². The first-order valence-electron chi connectivity index (χ1n) is 30.9. The van der Waals surface area contributed by atoms with Crippen LogP contribution in [-0.2, 0) is 28.9 Å². The summed E-state index contributed by atoms with van der Waals surface area (Å²) in [5, 5.41) is 45.2. The summed E-state index contributed by atoms with van der Waals surface area (Å²) in [7, 11) is -5.08. The summed E-state index contributed by atoms with van der Waals surface area (Å²) in [5.74, 6) is -0.221. The Bertz CT molecular complexity index is 1280. The van der Waals surface area contributed by atoms with Gasteiger partial charge in [0.2, 0.25) is 5.91 Å². The van der Waals surface area contributed by atoms with Crippen molar-refractivity contribution < 1.29 is 51.8 Å². The highest BCUT2D eigenvalue weighted by Gasteiger charge is 2.48. The lowest BCUT2D eigenvalue weighted by Crippen LogP contribution is -2.61. The lowest BCUT2D eigenvalue weighted by molar-refractivity contribution is -0.298. The van der Waals surface area contributed by atoms with E-state index in [0.29, 0.717) is 12.8 Å². The molecular formula is C59H117NO11S. The zero-order chi connectivity index (χ0) is 52.6. The molecule has 7 atom stereocenters. The van der Waals surface area contributed by atoms with Crippen molar-refractivity contribution in [3.63, 3.8) is 0 Å². The number of aliphatic hydroxyl groups is 4. The van der Waals surface area contributed by atoms with Gasteiger partial charge in [0.05, 0.1) is 25.4 Å². The highest BCUT2D eigenvalue weighted by molar-refractivity contribution is 7.80. The number of carbonyl (C=O) groups is 1. The molecule has 1 amide bonds. The number of carbonyl (C=O) groups excluding carboxylic acids is 1. The summed E-state index contributed by atoms with van der Waals surface area (Å²) >= 11 is 0. The van der Waals surface area contributed by atoms with Crippen LogP contribution >= 0.6 is 0 Å². The molecule has 0 saturated carbocycles. The highest BCUT2D eigenvalue weighted by Crippen LogP contribution is 2.26. The number of nitrogens with one attached hydrogen (secondary N) is 1. The van der Waals surface area contributed by atoms with Crippen LogP contribution in [0.4, 0.5) is 0 Å². The molecule has 72 heavy (non-hydrogen) atoms. The van der Waals surface area contributed by atoms with E-state index in [4.69, 9.17) is 9.47 Å². The average Bonchev–Trinajstić information content (AvgIpc) is 3.36. The Kier molecular flexibility index (Phi) is 47.7. The summed E-state index contributed by atoms with van der Waals surface area (Å²) in [4.78, 5) is 13.2. The van der Waals surface area contributed by atoms with E-state index in [1.807, 2.05) is 0 Å². The standard InChI is InChI=1S/C59H117NO11S/c1-3-5-7-9-11-13-15-17-19-21-23-25-26-27-29-31-33-35-37-39-41-43-45-47-49-55(63)60-52(51-69-59-57(65)58(71-72(66,67)68)56(64)54(50-61)70-59)53(62)48-46-44-42-40-38-36-34-32-30-28-24-22-20-18-16-14-12-10-8-6-4-2/h52-54,56-59,61-62,64-65H,3-51H2,1-2H3,(H,60,63)(H,66,67,68). The summed E-state index contributed by atoms with van der Waals surface area (Å²) in [6.07, 6.45) is 49.7. The van der Waals surface area contributed by atoms with Crippen molar-refractivity contribution in [1.82, 2.24) is 5.32 Å². The molecule has 0 aromatic carbocycles. The molecule has 0 aromatic rings. The summed E-state index contributed by atoms with van der Waals surface area (Å²) < 4.78 is 48.0. The van der Waals surface area contributed by atoms with E-state index in [9.17, 15) is 38.2 Å². The zero-order valence-corrected chi connectivity index (χ0v) is 47.6. The van der Waals surface area contributed by atoms with Gasteiger partial charge in [0, 0.05) is 6.42 Å². The number of hydrogen-bond acceptors (Lipinski definition) is 10. The van der Waals surface area contributed by atoms with Crippen molar-refractivity contribution in [2.75, 3.05) is 13.2 Å². The third kappa shape index (κ3) is 41.3. The van der Waals surface area contributed by atoms with E-state index in [1.165, 1.54) is 238 Å². The molecule has 0 aliphatic carbocycles. The van der Waals surface area contributed by atoms with Gasteiger partial charge in [-0.15, -0.1) is 0 Å². The Morgan fingerprint density at radius 2 is 0.806 bits per heavy atom. The van der Waals surface area contributed by atoms with Crippen LogP contribution in [0.2, 0.25) is 0 Å². The predicted molar refractivity (Wildman–Crippen MR) is 296 cm³/mol. The zero-order valence-electron chi connectivity index (χ0n) is 46.8. The minimum absolute atomic E-state index is 0.221. The molecule has 430 valence electrons. The van der Waals surface area contributed by atoms with Crippen LogP contribution < -0.4 is 5.32 Å². The Morgan fingerprint density at radius 3 is 1.11 bits per heavy atom. The van der Waals surface area contributed by atoms with Gasteiger partial charge in [0.25, 0.3) is 0 Å². The normalized spacial score (nSPS) is 19.2. The quantitative estimate of drug-likeness (QED) is 0.0251. The lowest BCUT2D eigenvalue weighted by atomic mass is 9.99. The molecule has 0 spiro atoms. The molecule has 0 bridgehead atoms. The van der Waals surface area contributed by atoms with Crippen LogP contribution in [0.25, 0.3) is 0 Å². The molecule has 0 radical (unpaired) electrons. The molecule has 1 fully saturated rings. The molecular weight excluding hydrogens is 931 g/mol. The monoisotopic (exact) mass is 1050 g/mol. The summed E-state index contributed by atoms with van der Waals surface area (Å²) in [5.41, 5.74) is 0. The molecule has 1 saturated heterocycles. The van der Waals surface area contributed by atoms with Crippen LogP contribution in [0, 0.1) is 0 Å². The van der Waals surface area contributed by atoms with E-state index < -0.39 is 59.9 Å². The number of unbranched alkanes of at least 4 members (excludes halogenated alkanes) is 43. The minimum Gasteiger partial charge on any atom is -0.394 e. The SMILES string of the molecule is CCCCCCCCCCCCCCCCCCCCCCCCCCC(=O)NC(COC1OC(CO)C(O)C(OS(=O)(=O)O)C1O)C(O)CCCCCCCCCCCCCCCCCCCCCCC. The number of rotatable bonds is 55. The average molecular weight is 1050 g/mol. The van der Waals surface area contributed by atoms with E-state index >= 15 is 0 Å². The molecule has 1 aliphatic heterocycles. The largest absolute Gasteiger partial charge is 0.397 e. The Labute approximate surface area is 443 Å². The van der Waals surface area contributed by atoms with Gasteiger partial charge in [-0.2, -0.15) is 8.42 Å². The smallest absolute Gasteiger partial charge is 0.394 e. The van der Waals surface area contributed by atoms with Crippen LogP contribution in [0.3, 0.4) is 0 Å². The fraction of sp³-hybridized carbons (Fsp3) is 0.983. The maximum Gasteiger partial charge on any atom is 0.397 e. The number of amides is 1. The van der Waals surface area contributed by atoms with Gasteiger partial charge in [-0.25, -0.2) is 4.18 Å². The van der Waals surface area contributed by atoms with E-state index in [2.05, 4.69) is 23.3 Å². The molecule has 6 N–H and O–H groups in total. The summed E-state index contributed by atoms with van der Waals surface area (Å²) in [6.45, 7) is 3.52. The van der Waals surface area contributed by atoms with Gasteiger partial charge in [-0.1, -0.05) is 296 Å². The molecule has 7 unspecified atom stereocenters. The van der Waals surface area contributed by atoms with Crippen molar-refractivity contribution in [3.05, 3.63) is 0 Å². The third-order valence-electron chi connectivity index (χ3n) is 15.2. The van der Waals surface area contributed by atoms with Gasteiger partial charge in [0.1, 0.15) is 24.4 Å². The van der Waals surface area contributed by atoms with E-state index in [1.54, 1.807) is 0 Å². The third-order valence-corrected chi connectivity index (χ3v) is 15.6. The Morgan fingerprint density at radius 1 is 0.500 bits per heavy atom. The van der Waals surface area contributed by atoms with E-state index in [-0.39, 0.29) is 12.5 Å². The highest BCUT2D eigenvalue weighted by atomic mass is 32.3. The second-order valence-corrected chi connectivity index (χ2v) is 23.1. The molecule has 12 nitrogen and oxygen atoms in total. The topological polar surface area (TPSA) is 192 Å². The van der Waals surface area contributed by atoms with Crippen molar-refractivity contribution in [1.29, 1.82) is 0 Å². The molecule has 1 rings (SSSR count). The van der Waals surface area contributed by atoms with Crippen molar-refractivity contribution >= 4 is 16.3 Å². The maximum absolute atomic E-state index is 13.2. The number of hydrogen-bond donors (Lipinski definition) is 6. The minimum atomic E-state index is -5.08. The Balaban J connectivity index is 2.30. The van der Waals surface area contributed by atoms with E-state index in [0.717, 1.165) is 51.4 Å². The number of ether oxygens (including phenoxy) is 2. The molecule has 1 aliphatic rings. The fourth-order valence-electron chi connectivity index (χ4n) is 10.4. The lowest BCUT2D eigenvalue weighted by Gasteiger charge is -2.41. The first-order valence-corrected chi connectivity index (χ1v) is 32.3. The van der Waals surface area contributed by atoms with Crippen LogP contribution in [0.1, 0.15) is 316 Å². The van der Waals surface area contributed by atoms with Gasteiger partial charge in [-0.05, 0) is 12.8 Å². The summed E-state index contributed by atoms with van der Waals surface area (Å²) in [6, 6.07) is -0.854. The van der Waals surface area contributed by atoms with Crippen LogP contribution in [0.5, 0.6) is 0 Å². The molecule has 13 heteroatoms. The fourth-order valence-corrected chi connectivity index (χ4v) is 10.9. The Hall–Kier alpha value is -0.900. The first kappa shape index (κ1) is 69.1. The van der Waals surface area contributed by atoms with Gasteiger partial charge < -0.3 is 35.2 Å². The number of aliphatic hydroxyl groups excluding tert-OH is 4. The van der Waals surface area contributed by atoms with Gasteiger partial charge in [0.15, 0.2) is 6.29 Å². The second-order valence-electron chi connectivity index (χ2n) is 22.0. The van der Waals surface area contributed by atoms with Crippen LogP contribution in [-0.4, -0.2) is 95.4 Å². The first-order chi connectivity index (χ1) is 35.0.